The van der Waals surface area contributed by atoms with E-state index in [9.17, 15) is 4.79 Å². The third-order valence-electron chi connectivity index (χ3n) is 3.29. The van der Waals surface area contributed by atoms with Crippen molar-refractivity contribution in [2.75, 3.05) is 39.6 Å². The highest BCUT2D eigenvalue weighted by molar-refractivity contribution is 5.78. The topological polar surface area (TPSA) is 66.5 Å². The molecule has 0 aliphatic carbocycles. The number of esters is 1. The average molecular weight is 324 g/mol. The zero-order valence-electron chi connectivity index (χ0n) is 13.7. The quantitative estimate of drug-likeness (QED) is 0.353. The highest BCUT2D eigenvalue weighted by Gasteiger charge is 2.47. The largest absolute Gasteiger partial charge is 0.491 e. The van der Waals surface area contributed by atoms with Gasteiger partial charge in [0, 0.05) is 6.61 Å². The van der Waals surface area contributed by atoms with Crippen molar-refractivity contribution in [3.8, 4) is 5.75 Å². The summed E-state index contributed by atoms with van der Waals surface area (Å²) < 4.78 is 26.4. The molecule has 1 fully saturated rings. The van der Waals surface area contributed by atoms with Crippen molar-refractivity contribution in [1.29, 1.82) is 0 Å². The predicted molar refractivity (Wildman–Crippen MR) is 83.5 cm³/mol. The monoisotopic (exact) mass is 324 g/mol. The summed E-state index contributed by atoms with van der Waals surface area (Å²) in [7, 11) is 0. The van der Waals surface area contributed by atoms with Gasteiger partial charge in [-0.1, -0.05) is 12.1 Å². The summed E-state index contributed by atoms with van der Waals surface area (Å²) in [6, 6.07) is 7.52. The van der Waals surface area contributed by atoms with E-state index in [1.54, 1.807) is 6.92 Å². The second-order valence-corrected chi connectivity index (χ2v) is 4.96. The molecule has 1 aromatic rings. The molecule has 0 saturated carbocycles. The first-order chi connectivity index (χ1) is 11.3. The van der Waals surface area contributed by atoms with Gasteiger partial charge in [0.2, 0.25) is 0 Å². The van der Waals surface area contributed by atoms with Crippen LogP contribution < -0.4 is 4.74 Å². The fraction of sp³-hybridized carbons (Fsp3) is 0.588. The lowest BCUT2D eigenvalue weighted by Crippen LogP contribution is -2.12. The first-order valence-electron chi connectivity index (χ1n) is 7.96. The van der Waals surface area contributed by atoms with Crippen LogP contribution in [-0.2, 0) is 23.7 Å². The van der Waals surface area contributed by atoms with Crippen LogP contribution in [0.3, 0.4) is 0 Å². The predicted octanol–water partition coefficient (Wildman–Crippen LogP) is 2.12. The van der Waals surface area contributed by atoms with E-state index in [1.165, 1.54) is 0 Å². The summed E-state index contributed by atoms with van der Waals surface area (Å²) in [4.78, 5) is 11.5. The van der Waals surface area contributed by atoms with Gasteiger partial charge in [-0.3, -0.25) is 0 Å². The van der Waals surface area contributed by atoms with Gasteiger partial charge in [-0.05, 0) is 31.5 Å². The molecule has 1 aliphatic rings. The number of epoxide rings is 1. The zero-order chi connectivity index (χ0) is 16.5. The molecule has 1 aromatic carbocycles. The Bertz CT molecular complexity index is 472. The van der Waals surface area contributed by atoms with E-state index in [4.69, 9.17) is 23.7 Å². The molecule has 0 amide bonds. The van der Waals surface area contributed by atoms with Crippen LogP contribution in [0.5, 0.6) is 5.75 Å². The van der Waals surface area contributed by atoms with Crippen molar-refractivity contribution in [2.24, 2.45) is 0 Å². The van der Waals surface area contributed by atoms with Crippen LogP contribution in [0.2, 0.25) is 0 Å². The minimum Gasteiger partial charge on any atom is -0.491 e. The fourth-order valence-corrected chi connectivity index (χ4v) is 2.11. The lowest BCUT2D eigenvalue weighted by molar-refractivity contribution is -0.144. The van der Waals surface area contributed by atoms with Crippen molar-refractivity contribution < 1.29 is 28.5 Å². The molecule has 6 heteroatoms. The van der Waals surface area contributed by atoms with E-state index in [1.807, 2.05) is 31.2 Å². The first kappa shape index (κ1) is 17.7. The lowest BCUT2D eigenvalue weighted by Gasteiger charge is -2.07. The number of benzene rings is 1. The lowest BCUT2D eigenvalue weighted by atomic mass is 10.1. The number of ether oxygens (including phenoxy) is 5. The summed E-state index contributed by atoms with van der Waals surface area (Å²) in [5.41, 5.74) is 0.948. The first-order valence-corrected chi connectivity index (χ1v) is 7.96. The molecular formula is C17H24O6. The van der Waals surface area contributed by atoms with Gasteiger partial charge < -0.3 is 23.7 Å². The Balaban J connectivity index is 1.64. The average Bonchev–Trinajstić information content (AvgIpc) is 3.36. The Morgan fingerprint density at radius 3 is 2.39 bits per heavy atom. The van der Waals surface area contributed by atoms with Crippen LogP contribution in [-0.4, -0.2) is 51.7 Å². The summed E-state index contributed by atoms with van der Waals surface area (Å²) in [6.45, 7) is 6.98. The zero-order valence-corrected chi connectivity index (χ0v) is 13.7. The Morgan fingerprint density at radius 1 is 1.00 bits per heavy atom. The number of rotatable bonds is 11. The Labute approximate surface area is 136 Å². The minimum absolute atomic E-state index is 0.204. The molecule has 0 N–H and O–H groups in total. The molecule has 0 radical (unpaired) electrons. The van der Waals surface area contributed by atoms with E-state index in [0.29, 0.717) is 39.6 Å². The van der Waals surface area contributed by atoms with Crippen LogP contribution >= 0.6 is 0 Å². The van der Waals surface area contributed by atoms with Gasteiger partial charge >= 0.3 is 5.97 Å². The van der Waals surface area contributed by atoms with Gasteiger partial charge in [0.1, 0.15) is 18.5 Å². The van der Waals surface area contributed by atoms with E-state index >= 15 is 0 Å². The molecule has 6 nitrogen and oxygen atoms in total. The van der Waals surface area contributed by atoms with Gasteiger partial charge in [0.05, 0.1) is 26.4 Å². The van der Waals surface area contributed by atoms with Crippen molar-refractivity contribution in [1.82, 2.24) is 0 Å². The summed E-state index contributed by atoms with van der Waals surface area (Å²) in [5, 5.41) is 0. The number of carbonyl (C=O) groups excluding carboxylic acids is 1. The minimum atomic E-state index is -0.472. The van der Waals surface area contributed by atoms with Crippen LogP contribution in [0.25, 0.3) is 0 Å². The van der Waals surface area contributed by atoms with Crippen molar-refractivity contribution in [3.63, 3.8) is 0 Å². The third-order valence-corrected chi connectivity index (χ3v) is 3.29. The third kappa shape index (κ3) is 5.82. The molecule has 1 heterocycles. The molecule has 0 spiro atoms. The summed E-state index contributed by atoms with van der Waals surface area (Å²) >= 11 is 0. The van der Waals surface area contributed by atoms with Gasteiger partial charge in [-0.15, -0.1) is 0 Å². The SMILES string of the molecule is CCOCCOCCOc1ccc(C2OC2C(=O)OCC)cc1. The normalized spacial score (nSPS) is 19.4. The summed E-state index contributed by atoms with van der Waals surface area (Å²) in [6.07, 6.45) is -0.676. The van der Waals surface area contributed by atoms with Gasteiger partial charge in [-0.2, -0.15) is 0 Å². The van der Waals surface area contributed by atoms with E-state index in [-0.39, 0.29) is 12.1 Å². The molecule has 2 rings (SSSR count). The van der Waals surface area contributed by atoms with Crippen LogP contribution in [0.15, 0.2) is 24.3 Å². The molecule has 1 saturated heterocycles. The highest BCUT2D eigenvalue weighted by atomic mass is 16.6. The number of hydrogen-bond acceptors (Lipinski definition) is 6. The van der Waals surface area contributed by atoms with Gasteiger partial charge in [0.25, 0.3) is 0 Å². The van der Waals surface area contributed by atoms with Gasteiger partial charge in [0.15, 0.2) is 6.10 Å². The smallest absolute Gasteiger partial charge is 0.338 e. The molecule has 0 aromatic heterocycles. The van der Waals surface area contributed by atoms with E-state index in [2.05, 4.69) is 0 Å². The van der Waals surface area contributed by atoms with Crippen molar-refractivity contribution >= 4 is 5.97 Å². The molecule has 128 valence electrons. The van der Waals surface area contributed by atoms with E-state index in [0.717, 1.165) is 11.3 Å². The van der Waals surface area contributed by atoms with Crippen LogP contribution in [0.4, 0.5) is 0 Å². The fourth-order valence-electron chi connectivity index (χ4n) is 2.11. The van der Waals surface area contributed by atoms with Crippen LogP contribution in [0.1, 0.15) is 25.5 Å². The van der Waals surface area contributed by atoms with E-state index < -0.39 is 6.10 Å². The maximum atomic E-state index is 11.5. The molecule has 23 heavy (non-hydrogen) atoms. The second kappa shape index (κ2) is 9.50. The maximum Gasteiger partial charge on any atom is 0.338 e. The maximum absolute atomic E-state index is 11.5. The van der Waals surface area contributed by atoms with Crippen molar-refractivity contribution in [3.05, 3.63) is 29.8 Å². The van der Waals surface area contributed by atoms with Gasteiger partial charge in [-0.25, -0.2) is 4.79 Å². The number of carbonyl (C=O) groups is 1. The molecular weight excluding hydrogens is 300 g/mol. The van der Waals surface area contributed by atoms with Crippen molar-refractivity contribution in [2.45, 2.75) is 26.1 Å². The highest BCUT2D eigenvalue weighted by Crippen LogP contribution is 2.39. The summed E-state index contributed by atoms with van der Waals surface area (Å²) in [5.74, 6) is 0.456. The Hall–Kier alpha value is -1.63. The second-order valence-electron chi connectivity index (χ2n) is 4.96. The Kier molecular flexibility index (Phi) is 7.32. The number of hydrogen-bond donors (Lipinski definition) is 0. The molecule has 1 aliphatic heterocycles. The van der Waals surface area contributed by atoms with Crippen LogP contribution in [0, 0.1) is 0 Å². The Morgan fingerprint density at radius 2 is 1.70 bits per heavy atom. The standard InChI is InChI=1S/C17H24O6/c1-3-19-9-10-20-11-12-22-14-7-5-13(6-8-14)15-16(23-15)17(18)21-4-2/h5-8,15-16H,3-4,9-12H2,1-2H3. The molecule has 0 bridgehead atoms. The molecule has 2 unspecified atom stereocenters. The molecule has 2 atom stereocenters.